The van der Waals surface area contributed by atoms with Crippen molar-refractivity contribution in [3.8, 4) is 0 Å². The van der Waals surface area contributed by atoms with Crippen molar-refractivity contribution in [2.45, 2.75) is 95.4 Å². The molecule has 2 aliphatic heterocycles. The summed E-state index contributed by atoms with van der Waals surface area (Å²) in [5, 5.41) is 0. The molecule has 5 nitrogen and oxygen atoms in total. The van der Waals surface area contributed by atoms with Crippen LogP contribution in [0.25, 0.3) is 0 Å². The number of piperidine rings is 1. The van der Waals surface area contributed by atoms with Gasteiger partial charge in [0.05, 0.1) is 12.1 Å². The van der Waals surface area contributed by atoms with Crippen LogP contribution >= 0.6 is 0 Å². The summed E-state index contributed by atoms with van der Waals surface area (Å²) in [6, 6.07) is 1.55. The van der Waals surface area contributed by atoms with Gasteiger partial charge in [0.15, 0.2) is 0 Å². The molecule has 0 aromatic rings. The van der Waals surface area contributed by atoms with Crippen LogP contribution in [0, 0.1) is 5.92 Å². The average molecular weight is 379 g/mol. The Balaban J connectivity index is 1.27. The lowest BCUT2D eigenvalue weighted by Crippen LogP contribution is -2.61. The number of fused-ring (bicyclic) bond motifs is 1. The van der Waals surface area contributed by atoms with Crippen LogP contribution in [0.4, 0.5) is 0 Å². The van der Waals surface area contributed by atoms with Crippen molar-refractivity contribution in [2.75, 3.05) is 32.9 Å². The number of nitrogens with zero attached hydrogens (tertiary/aromatic N) is 2. The third kappa shape index (κ3) is 4.51. The first kappa shape index (κ1) is 19.7. The van der Waals surface area contributed by atoms with Gasteiger partial charge in [-0.3, -0.25) is 4.79 Å². The predicted octanol–water partition coefficient (Wildman–Crippen LogP) is 3.22. The van der Waals surface area contributed by atoms with Crippen LogP contribution < -0.4 is 0 Å². The Hall–Kier alpha value is -0.650. The highest BCUT2D eigenvalue weighted by atomic mass is 16.5. The minimum absolute atomic E-state index is 0.244. The van der Waals surface area contributed by atoms with Crippen molar-refractivity contribution < 1.29 is 14.3 Å². The zero-order valence-electron chi connectivity index (χ0n) is 17.1. The summed E-state index contributed by atoms with van der Waals surface area (Å²) in [4.78, 5) is 17.6. The average Bonchev–Trinajstić information content (AvgIpc) is 2.73. The van der Waals surface area contributed by atoms with E-state index in [-0.39, 0.29) is 5.91 Å². The van der Waals surface area contributed by atoms with Gasteiger partial charge in [-0.1, -0.05) is 12.8 Å². The maximum Gasteiger partial charge on any atom is 0.249 e. The quantitative estimate of drug-likeness (QED) is 0.737. The highest BCUT2D eigenvalue weighted by molar-refractivity contribution is 5.79. The molecule has 2 aliphatic carbocycles. The zero-order chi connectivity index (χ0) is 18.6. The van der Waals surface area contributed by atoms with Crippen molar-refractivity contribution in [3.05, 3.63) is 0 Å². The first-order valence-corrected chi connectivity index (χ1v) is 11.5. The van der Waals surface area contributed by atoms with Gasteiger partial charge in [-0.25, -0.2) is 0 Å². The molecule has 0 aromatic carbocycles. The summed E-state index contributed by atoms with van der Waals surface area (Å²) in [6.07, 6.45) is 12.7. The van der Waals surface area contributed by atoms with Crippen LogP contribution in [0.2, 0.25) is 0 Å². The molecular weight excluding hydrogens is 340 g/mol. The Morgan fingerprint density at radius 2 is 1.70 bits per heavy atom. The summed E-state index contributed by atoms with van der Waals surface area (Å²) in [6.45, 7) is 6.51. The Kier molecular flexibility index (Phi) is 6.72. The molecule has 4 fully saturated rings. The van der Waals surface area contributed by atoms with E-state index >= 15 is 0 Å². The van der Waals surface area contributed by atoms with E-state index < -0.39 is 0 Å². The summed E-state index contributed by atoms with van der Waals surface area (Å²) in [7, 11) is 0. The van der Waals surface area contributed by atoms with Gasteiger partial charge in [0, 0.05) is 38.4 Å². The van der Waals surface area contributed by atoms with Crippen LogP contribution in [0.3, 0.4) is 0 Å². The molecule has 1 amide bonds. The standard InChI is InChI=1S/C22H38N2O3/c1-2-26-15-17-7-9-18(10-8-17)23-13-11-19(12-14-23)24-20-5-3-4-6-21(20)27-16-22(24)25/h17-21H,2-16H2,1H3/t17?,18?,20-,21-/m0/s1. The summed E-state index contributed by atoms with van der Waals surface area (Å²) in [5.41, 5.74) is 0. The van der Waals surface area contributed by atoms with E-state index in [1.165, 1.54) is 38.5 Å². The van der Waals surface area contributed by atoms with Gasteiger partial charge < -0.3 is 19.3 Å². The monoisotopic (exact) mass is 378 g/mol. The van der Waals surface area contributed by atoms with Gasteiger partial charge in [0.2, 0.25) is 5.91 Å². The van der Waals surface area contributed by atoms with Gasteiger partial charge in [0.1, 0.15) is 6.61 Å². The maximum absolute atomic E-state index is 12.6. The summed E-state index contributed by atoms with van der Waals surface area (Å²) in [5.74, 6) is 1.01. The predicted molar refractivity (Wildman–Crippen MR) is 106 cm³/mol. The molecule has 154 valence electrons. The minimum atomic E-state index is 0.244. The SMILES string of the molecule is CCOCC1CCC(N2CCC(N3C(=O)CO[C@H]4CCCC[C@@H]43)CC2)CC1. The largest absolute Gasteiger partial charge is 0.381 e. The molecule has 2 saturated heterocycles. The molecule has 0 radical (unpaired) electrons. The van der Waals surface area contributed by atoms with Crippen LogP contribution in [0.15, 0.2) is 0 Å². The van der Waals surface area contributed by atoms with E-state index in [9.17, 15) is 4.79 Å². The summed E-state index contributed by atoms with van der Waals surface area (Å²) < 4.78 is 11.5. The van der Waals surface area contributed by atoms with Gasteiger partial charge in [-0.05, 0) is 64.2 Å². The lowest BCUT2D eigenvalue weighted by molar-refractivity contribution is -0.167. The summed E-state index contributed by atoms with van der Waals surface area (Å²) >= 11 is 0. The molecule has 2 saturated carbocycles. The Morgan fingerprint density at radius 1 is 0.963 bits per heavy atom. The van der Waals surface area contributed by atoms with Crippen LogP contribution in [0.5, 0.6) is 0 Å². The highest BCUT2D eigenvalue weighted by Gasteiger charge is 2.42. The number of rotatable bonds is 5. The number of carbonyl (C=O) groups is 1. The normalized spacial score (nSPS) is 36.6. The molecule has 2 heterocycles. The van der Waals surface area contributed by atoms with E-state index in [1.54, 1.807) is 0 Å². The maximum atomic E-state index is 12.6. The van der Waals surface area contributed by atoms with Crippen LogP contribution in [-0.2, 0) is 14.3 Å². The number of hydrogen-bond donors (Lipinski definition) is 0. The topological polar surface area (TPSA) is 42.0 Å². The van der Waals surface area contributed by atoms with E-state index in [0.717, 1.165) is 63.9 Å². The van der Waals surface area contributed by atoms with Crippen LogP contribution in [-0.4, -0.2) is 72.8 Å². The van der Waals surface area contributed by atoms with Gasteiger partial charge in [0.25, 0.3) is 0 Å². The fraction of sp³-hybridized carbons (Fsp3) is 0.955. The zero-order valence-corrected chi connectivity index (χ0v) is 17.1. The minimum Gasteiger partial charge on any atom is -0.381 e. The van der Waals surface area contributed by atoms with Gasteiger partial charge in [-0.2, -0.15) is 0 Å². The first-order valence-electron chi connectivity index (χ1n) is 11.5. The number of carbonyl (C=O) groups excluding carboxylic acids is 1. The van der Waals surface area contributed by atoms with Gasteiger partial charge in [-0.15, -0.1) is 0 Å². The second-order valence-electron chi connectivity index (χ2n) is 9.10. The third-order valence-electron chi connectivity index (χ3n) is 7.52. The van der Waals surface area contributed by atoms with E-state index in [1.807, 2.05) is 0 Å². The second kappa shape index (κ2) is 9.23. The van der Waals surface area contributed by atoms with Crippen LogP contribution in [0.1, 0.15) is 71.1 Å². The van der Waals surface area contributed by atoms with Crippen molar-refractivity contribution in [1.29, 1.82) is 0 Å². The molecule has 27 heavy (non-hydrogen) atoms. The second-order valence-corrected chi connectivity index (χ2v) is 9.10. The Bertz CT molecular complexity index is 484. The van der Waals surface area contributed by atoms with Crippen molar-refractivity contribution in [1.82, 2.24) is 9.80 Å². The smallest absolute Gasteiger partial charge is 0.249 e. The number of likely N-dealkylation sites (tertiary alicyclic amines) is 1. The van der Waals surface area contributed by atoms with E-state index in [0.29, 0.717) is 24.8 Å². The highest BCUT2D eigenvalue weighted by Crippen LogP contribution is 2.34. The van der Waals surface area contributed by atoms with Gasteiger partial charge >= 0.3 is 0 Å². The van der Waals surface area contributed by atoms with Crippen molar-refractivity contribution >= 4 is 5.91 Å². The molecule has 0 spiro atoms. The molecule has 0 bridgehead atoms. The Morgan fingerprint density at radius 3 is 2.44 bits per heavy atom. The molecule has 4 rings (SSSR count). The molecule has 0 N–H and O–H groups in total. The van der Waals surface area contributed by atoms with E-state index in [4.69, 9.17) is 9.47 Å². The molecule has 5 heteroatoms. The fourth-order valence-electron chi connectivity index (χ4n) is 5.99. The molecule has 0 unspecified atom stereocenters. The lowest BCUT2D eigenvalue weighted by atomic mass is 9.84. The van der Waals surface area contributed by atoms with E-state index in [2.05, 4.69) is 16.7 Å². The molecule has 2 atom stereocenters. The lowest BCUT2D eigenvalue weighted by Gasteiger charge is -2.50. The first-order chi connectivity index (χ1) is 13.3. The number of hydrogen-bond acceptors (Lipinski definition) is 4. The molecular formula is C22H38N2O3. The van der Waals surface area contributed by atoms with Crippen molar-refractivity contribution in [2.24, 2.45) is 5.92 Å². The van der Waals surface area contributed by atoms with Crippen molar-refractivity contribution in [3.63, 3.8) is 0 Å². The Labute approximate surface area is 164 Å². The molecule has 4 aliphatic rings. The third-order valence-corrected chi connectivity index (χ3v) is 7.52. The number of ether oxygens (including phenoxy) is 2. The number of amides is 1. The molecule has 0 aromatic heterocycles. The number of morpholine rings is 1. The fourth-order valence-corrected chi connectivity index (χ4v) is 5.99.